The SMILES string of the molecule is O=C(Nc1nc(-c2ccccc2)cs1)c1ccc2c(c1)OCO2. The second-order valence-corrected chi connectivity index (χ2v) is 5.78. The number of rotatable bonds is 3. The lowest BCUT2D eigenvalue weighted by atomic mass is 10.2. The summed E-state index contributed by atoms with van der Waals surface area (Å²) in [5, 5.41) is 5.29. The molecule has 114 valence electrons. The van der Waals surface area contributed by atoms with E-state index in [-0.39, 0.29) is 12.7 Å². The number of nitrogens with one attached hydrogen (secondary N) is 1. The van der Waals surface area contributed by atoms with Gasteiger partial charge in [0.05, 0.1) is 5.69 Å². The molecular weight excluding hydrogens is 312 g/mol. The van der Waals surface area contributed by atoms with E-state index in [0.717, 1.165) is 11.3 Å². The van der Waals surface area contributed by atoms with Crippen molar-refractivity contribution in [3.8, 4) is 22.8 Å². The zero-order valence-corrected chi connectivity index (χ0v) is 12.8. The van der Waals surface area contributed by atoms with E-state index in [1.54, 1.807) is 18.2 Å². The fraction of sp³-hybridized carbons (Fsp3) is 0.0588. The molecule has 0 bridgehead atoms. The first kappa shape index (κ1) is 13.8. The van der Waals surface area contributed by atoms with Crippen LogP contribution in [0.4, 0.5) is 5.13 Å². The Bertz CT molecular complexity index is 861. The molecule has 0 saturated heterocycles. The smallest absolute Gasteiger partial charge is 0.257 e. The first-order valence-corrected chi connectivity index (χ1v) is 7.89. The highest BCUT2D eigenvalue weighted by molar-refractivity contribution is 7.14. The lowest BCUT2D eigenvalue weighted by Gasteiger charge is -2.03. The molecule has 1 N–H and O–H groups in total. The van der Waals surface area contributed by atoms with Crippen LogP contribution in [-0.4, -0.2) is 17.7 Å². The van der Waals surface area contributed by atoms with Crippen LogP contribution in [0.1, 0.15) is 10.4 Å². The van der Waals surface area contributed by atoms with Crippen molar-refractivity contribution in [1.82, 2.24) is 4.98 Å². The van der Waals surface area contributed by atoms with Gasteiger partial charge in [0.1, 0.15) is 0 Å². The average Bonchev–Trinajstić information content (AvgIpc) is 3.24. The highest BCUT2D eigenvalue weighted by Gasteiger charge is 2.17. The number of nitrogens with zero attached hydrogens (tertiary/aromatic N) is 1. The number of carbonyl (C=O) groups excluding carboxylic acids is 1. The highest BCUT2D eigenvalue weighted by Crippen LogP contribution is 2.33. The molecule has 1 amide bonds. The first-order chi connectivity index (χ1) is 11.3. The van der Waals surface area contributed by atoms with Gasteiger partial charge >= 0.3 is 0 Å². The minimum absolute atomic E-state index is 0.188. The van der Waals surface area contributed by atoms with Crippen molar-refractivity contribution in [2.75, 3.05) is 12.1 Å². The Morgan fingerprint density at radius 3 is 2.78 bits per heavy atom. The molecule has 23 heavy (non-hydrogen) atoms. The van der Waals surface area contributed by atoms with Crippen molar-refractivity contribution in [3.05, 3.63) is 59.5 Å². The maximum Gasteiger partial charge on any atom is 0.257 e. The van der Waals surface area contributed by atoms with Crippen molar-refractivity contribution in [3.63, 3.8) is 0 Å². The average molecular weight is 324 g/mol. The normalized spacial score (nSPS) is 12.2. The maximum atomic E-state index is 12.3. The van der Waals surface area contributed by atoms with Gasteiger partial charge in [0, 0.05) is 16.5 Å². The van der Waals surface area contributed by atoms with Gasteiger partial charge in [-0.15, -0.1) is 11.3 Å². The first-order valence-electron chi connectivity index (χ1n) is 7.01. The summed E-state index contributed by atoms with van der Waals surface area (Å²) in [5.41, 5.74) is 2.37. The van der Waals surface area contributed by atoms with E-state index < -0.39 is 0 Å². The van der Waals surface area contributed by atoms with E-state index >= 15 is 0 Å². The van der Waals surface area contributed by atoms with E-state index in [1.807, 2.05) is 35.7 Å². The zero-order chi connectivity index (χ0) is 15.6. The third kappa shape index (κ3) is 2.76. The Labute approximate surface area is 136 Å². The van der Waals surface area contributed by atoms with Crippen molar-refractivity contribution in [2.24, 2.45) is 0 Å². The highest BCUT2D eigenvalue weighted by atomic mass is 32.1. The van der Waals surface area contributed by atoms with Crippen LogP contribution >= 0.6 is 11.3 Å². The van der Waals surface area contributed by atoms with E-state index in [0.29, 0.717) is 22.2 Å². The number of benzene rings is 2. The number of thiazole rings is 1. The summed E-state index contributed by atoms with van der Waals surface area (Å²) in [7, 11) is 0. The zero-order valence-electron chi connectivity index (χ0n) is 12.0. The van der Waals surface area contributed by atoms with Gasteiger partial charge in [-0.1, -0.05) is 30.3 Å². The summed E-state index contributed by atoms with van der Waals surface area (Å²) < 4.78 is 10.5. The van der Waals surface area contributed by atoms with Crippen LogP contribution in [-0.2, 0) is 0 Å². The standard InChI is InChI=1S/C17H12N2O3S/c20-16(12-6-7-14-15(8-12)22-10-21-14)19-17-18-13(9-23-17)11-4-2-1-3-5-11/h1-9H,10H2,(H,18,19,20). The quantitative estimate of drug-likeness (QED) is 0.796. The second kappa shape index (κ2) is 5.73. The molecule has 0 saturated carbocycles. The number of ether oxygens (including phenoxy) is 2. The minimum atomic E-state index is -0.225. The van der Waals surface area contributed by atoms with Crippen LogP contribution in [0, 0.1) is 0 Å². The lowest BCUT2D eigenvalue weighted by Crippen LogP contribution is -2.11. The van der Waals surface area contributed by atoms with Crippen LogP contribution in [0.15, 0.2) is 53.9 Å². The topological polar surface area (TPSA) is 60.5 Å². The largest absolute Gasteiger partial charge is 0.454 e. The monoisotopic (exact) mass is 324 g/mol. The molecule has 0 radical (unpaired) electrons. The summed E-state index contributed by atoms with van der Waals surface area (Å²) in [6.45, 7) is 0.188. The van der Waals surface area contributed by atoms with Gasteiger partial charge in [0.25, 0.3) is 5.91 Å². The molecule has 0 aliphatic carbocycles. The molecule has 2 aromatic carbocycles. The number of hydrogen-bond acceptors (Lipinski definition) is 5. The minimum Gasteiger partial charge on any atom is -0.454 e. The number of anilines is 1. The molecule has 1 aliphatic rings. The van der Waals surface area contributed by atoms with Crippen LogP contribution in [0.25, 0.3) is 11.3 Å². The third-order valence-corrected chi connectivity index (χ3v) is 4.19. The fourth-order valence-electron chi connectivity index (χ4n) is 2.28. The van der Waals surface area contributed by atoms with Crippen LogP contribution < -0.4 is 14.8 Å². The molecule has 1 aliphatic heterocycles. The van der Waals surface area contributed by atoms with Crippen molar-refractivity contribution >= 4 is 22.4 Å². The number of amides is 1. The summed E-state index contributed by atoms with van der Waals surface area (Å²) >= 11 is 1.39. The fourth-order valence-corrected chi connectivity index (χ4v) is 2.99. The number of carbonyl (C=O) groups is 1. The number of fused-ring (bicyclic) bond motifs is 1. The molecule has 5 nitrogen and oxygen atoms in total. The van der Waals surface area contributed by atoms with Gasteiger partial charge in [-0.25, -0.2) is 4.98 Å². The molecular formula is C17H12N2O3S. The maximum absolute atomic E-state index is 12.3. The van der Waals surface area contributed by atoms with E-state index in [2.05, 4.69) is 10.3 Å². The molecule has 6 heteroatoms. The van der Waals surface area contributed by atoms with Crippen molar-refractivity contribution in [2.45, 2.75) is 0 Å². The van der Waals surface area contributed by atoms with E-state index in [1.165, 1.54) is 11.3 Å². The predicted molar refractivity (Wildman–Crippen MR) is 88.1 cm³/mol. The molecule has 1 aromatic heterocycles. The van der Waals surface area contributed by atoms with Crippen LogP contribution in [0.3, 0.4) is 0 Å². The summed E-state index contributed by atoms with van der Waals surface area (Å²) in [6, 6.07) is 14.9. The number of aromatic nitrogens is 1. The molecule has 0 unspecified atom stereocenters. The van der Waals surface area contributed by atoms with Crippen LogP contribution in [0.5, 0.6) is 11.5 Å². The van der Waals surface area contributed by atoms with Gasteiger partial charge in [-0.05, 0) is 18.2 Å². The van der Waals surface area contributed by atoms with Gasteiger partial charge in [0.2, 0.25) is 6.79 Å². The Kier molecular flexibility index (Phi) is 3.44. The lowest BCUT2D eigenvalue weighted by molar-refractivity contribution is 0.102. The third-order valence-electron chi connectivity index (χ3n) is 3.43. The molecule has 0 spiro atoms. The van der Waals surface area contributed by atoms with Crippen molar-refractivity contribution in [1.29, 1.82) is 0 Å². The molecule has 4 rings (SSSR count). The van der Waals surface area contributed by atoms with E-state index in [9.17, 15) is 4.79 Å². The summed E-state index contributed by atoms with van der Waals surface area (Å²) in [5.74, 6) is 1.01. The van der Waals surface area contributed by atoms with Gasteiger partial charge in [0.15, 0.2) is 16.6 Å². The molecule has 0 atom stereocenters. The summed E-state index contributed by atoms with van der Waals surface area (Å²) in [4.78, 5) is 16.8. The van der Waals surface area contributed by atoms with Crippen molar-refractivity contribution < 1.29 is 14.3 Å². The molecule has 3 aromatic rings. The van der Waals surface area contributed by atoms with Gasteiger partial charge in [-0.2, -0.15) is 0 Å². The Hall–Kier alpha value is -2.86. The number of hydrogen-bond donors (Lipinski definition) is 1. The van der Waals surface area contributed by atoms with Gasteiger partial charge < -0.3 is 9.47 Å². The molecule has 2 heterocycles. The molecule has 0 fully saturated rings. The summed E-state index contributed by atoms with van der Waals surface area (Å²) in [6.07, 6.45) is 0. The van der Waals surface area contributed by atoms with E-state index in [4.69, 9.17) is 9.47 Å². The Morgan fingerprint density at radius 2 is 1.91 bits per heavy atom. The Balaban J connectivity index is 1.52. The predicted octanol–water partition coefficient (Wildman–Crippen LogP) is 3.79. The van der Waals surface area contributed by atoms with Gasteiger partial charge in [-0.3, -0.25) is 10.1 Å². The second-order valence-electron chi connectivity index (χ2n) is 4.93. The van der Waals surface area contributed by atoms with Crippen LogP contribution in [0.2, 0.25) is 0 Å². The Morgan fingerprint density at radius 1 is 1.09 bits per heavy atom.